The first-order valence-corrected chi connectivity index (χ1v) is 5.10. The molecule has 0 aromatic rings. The topological polar surface area (TPSA) is 29.1 Å². The van der Waals surface area contributed by atoms with E-state index < -0.39 is 0 Å². The van der Waals surface area contributed by atoms with E-state index in [0.717, 1.165) is 18.7 Å². The minimum Gasteiger partial charge on any atom is -0.307 e. The highest BCUT2D eigenvalue weighted by Gasteiger charge is 2.34. The molecule has 0 amide bonds. The summed E-state index contributed by atoms with van der Waals surface area (Å²) >= 11 is 0. The Hall–Kier alpha value is -0.370. The van der Waals surface area contributed by atoms with Gasteiger partial charge in [-0.15, -0.1) is 0 Å². The molecule has 12 heavy (non-hydrogen) atoms. The first-order valence-electron chi connectivity index (χ1n) is 5.10. The Kier molecular flexibility index (Phi) is 2.45. The van der Waals surface area contributed by atoms with Gasteiger partial charge in [0, 0.05) is 0 Å². The summed E-state index contributed by atoms with van der Waals surface area (Å²) in [5.74, 6) is 1.50. The monoisotopic (exact) mass is 167 g/mol. The molecule has 0 radical (unpaired) electrons. The second-order valence-electron chi connectivity index (χ2n) is 4.11. The molecule has 0 spiro atoms. The average molecular weight is 167 g/mol. The number of piperidine rings is 1. The molecule has 2 fully saturated rings. The Morgan fingerprint density at radius 2 is 2.00 bits per heavy atom. The molecule has 2 aliphatic rings. The molecule has 1 N–H and O–H groups in total. The van der Waals surface area contributed by atoms with Crippen molar-refractivity contribution in [3.05, 3.63) is 0 Å². The van der Waals surface area contributed by atoms with Crippen LogP contribution >= 0.6 is 0 Å². The highest BCUT2D eigenvalue weighted by atomic mass is 16.1. The summed E-state index contributed by atoms with van der Waals surface area (Å²) in [6, 6.07) is 0.170. The molecule has 0 aromatic heterocycles. The molecule has 1 unspecified atom stereocenters. The van der Waals surface area contributed by atoms with Crippen LogP contribution in [0, 0.1) is 11.8 Å². The highest BCUT2D eigenvalue weighted by molar-refractivity contribution is 5.58. The summed E-state index contributed by atoms with van der Waals surface area (Å²) in [4.78, 5) is 10.8. The van der Waals surface area contributed by atoms with Crippen molar-refractivity contribution in [2.24, 2.45) is 11.8 Å². The molecule has 2 rings (SSSR count). The molecule has 68 valence electrons. The number of hydrogen-bond acceptors (Lipinski definition) is 2. The number of aldehydes is 1. The predicted molar refractivity (Wildman–Crippen MR) is 47.9 cm³/mol. The van der Waals surface area contributed by atoms with E-state index in [-0.39, 0.29) is 6.04 Å². The Morgan fingerprint density at radius 3 is 2.83 bits per heavy atom. The predicted octanol–water partition coefficient (Wildman–Crippen LogP) is 1.35. The number of carbonyl (C=O) groups is 1. The van der Waals surface area contributed by atoms with Crippen LogP contribution in [0.5, 0.6) is 0 Å². The van der Waals surface area contributed by atoms with Gasteiger partial charge in [0.25, 0.3) is 0 Å². The number of nitrogens with one attached hydrogen (secondary N) is 1. The van der Waals surface area contributed by atoms with Crippen LogP contribution in [0.1, 0.15) is 32.1 Å². The van der Waals surface area contributed by atoms with Crippen molar-refractivity contribution in [1.29, 1.82) is 0 Å². The average Bonchev–Trinajstić information content (AvgIpc) is 2.17. The SMILES string of the molecule is O=CC1NCC[C@@H]2CCCC[C@H]12. The molecular formula is C10H17NO. The Morgan fingerprint density at radius 1 is 1.17 bits per heavy atom. The molecule has 1 aliphatic carbocycles. The van der Waals surface area contributed by atoms with Crippen LogP contribution in [0.2, 0.25) is 0 Å². The van der Waals surface area contributed by atoms with Gasteiger partial charge in [-0.1, -0.05) is 19.3 Å². The zero-order valence-electron chi connectivity index (χ0n) is 7.46. The van der Waals surface area contributed by atoms with Gasteiger partial charge in [0.2, 0.25) is 0 Å². The van der Waals surface area contributed by atoms with Gasteiger partial charge in [-0.3, -0.25) is 0 Å². The van der Waals surface area contributed by atoms with Gasteiger partial charge in [0.05, 0.1) is 6.04 Å². The highest BCUT2D eigenvalue weighted by Crippen LogP contribution is 2.35. The third-order valence-electron chi connectivity index (χ3n) is 3.47. The lowest BCUT2D eigenvalue weighted by molar-refractivity contribution is -0.112. The van der Waals surface area contributed by atoms with Crippen LogP contribution < -0.4 is 5.32 Å². The molecule has 1 heterocycles. The first-order chi connectivity index (χ1) is 5.92. The maximum Gasteiger partial charge on any atom is 0.137 e. The first kappa shape index (κ1) is 8.24. The number of hydrogen-bond donors (Lipinski definition) is 1. The second kappa shape index (κ2) is 3.56. The zero-order valence-corrected chi connectivity index (χ0v) is 7.46. The van der Waals surface area contributed by atoms with Gasteiger partial charge in [-0.05, 0) is 31.2 Å². The largest absolute Gasteiger partial charge is 0.307 e. The fourth-order valence-corrected chi connectivity index (χ4v) is 2.80. The van der Waals surface area contributed by atoms with Gasteiger partial charge in [0.15, 0.2) is 0 Å². The Balaban J connectivity index is 2.03. The van der Waals surface area contributed by atoms with E-state index in [1.165, 1.54) is 32.1 Å². The third kappa shape index (κ3) is 1.40. The van der Waals surface area contributed by atoms with Gasteiger partial charge < -0.3 is 10.1 Å². The summed E-state index contributed by atoms with van der Waals surface area (Å²) in [7, 11) is 0. The van der Waals surface area contributed by atoms with E-state index in [0.29, 0.717) is 5.92 Å². The van der Waals surface area contributed by atoms with E-state index in [1.54, 1.807) is 0 Å². The standard InChI is InChI=1S/C10H17NO/c12-7-10-9-4-2-1-3-8(9)5-6-11-10/h7-11H,1-6H2/t8-,9-,10?/m0/s1. The number of carbonyl (C=O) groups excluding carboxylic acids is 1. The molecule has 1 saturated heterocycles. The fraction of sp³-hybridized carbons (Fsp3) is 0.900. The summed E-state index contributed by atoms with van der Waals surface area (Å²) < 4.78 is 0. The lowest BCUT2D eigenvalue weighted by Crippen LogP contribution is -2.48. The van der Waals surface area contributed by atoms with Crippen molar-refractivity contribution in [2.45, 2.75) is 38.1 Å². The molecule has 0 aromatic carbocycles. The van der Waals surface area contributed by atoms with Crippen molar-refractivity contribution in [3.8, 4) is 0 Å². The van der Waals surface area contributed by atoms with Crippen LogP contribution in [0.25, 0.3) is 0 Å². The van der Waals surface area contributed by atoms with Gasteiger partial charge in [-0.25, -0.2) is 0 Å². The van der Waals surface area contributed by atoms with Crippen LogP contribution in [0.4, 0.5) is 0 Å². The van der Waals surface area contributed by atoms with Crippen LogP contribution in [-0.4, -0.2) is 18.9 Å². The molecule has 1 saturated carbocycles. The zero-order chi connectivity index (χ0) is 8.39. The minimum atomic E-state index is 0.170. The summed E-state index contributed by atoms with van der Waals surface area (Å²) in [5, 5.41) is 3.30. The van der Waals surface area contributed by atoms with Crippen molar-refractivity contribution < 1.29 is 4.79 Å². The molecule has 3 atom stereocenters. The summed E-state index contributed by atoms with van der Waals surface area (Å²) in [5.41, 5.74) is 0. The fourth-order valence-electron chi connectivity index (χ4n) is 2.80. The molecule has 2 heteroatoms. The van der Waals surface area contributed by atoms with E-state index in [1.807, 2.05) is 0 Å². The molecule has 0 bridgehead atoms. The minimum absolute atomic E-state index is 0.170. The normalized spacial score (nSPS) is 41.8. The van der Waals surface area contributed by atoms with E-state index >= 15 is 0 Å². The molecule has 2 nitrogen and oxygen atoms in total. The van der Waals surface area contributed by atoms with Crippen molar-refractivity contribution in [2.75, 3.05) is 6.54 Å². The van der Waals surface area contributed by atoms with E-state index in [2.05, 4.69) is 5.32 Å². The van der Waals surface area contributed by atoms with E-state index in [4.69, 9.17) is 0 Å². The number of rotatable bonds is 1. The van der Waals surface area contributed by atoms with Gasteiger partial charge in [0.1, 0.15) is 6.29 Å². The Labute approximate surface area is 73.7 Å². The molecule has 1 aliphatic heterocycles. The Bertz CT molecular complexity index is 167. The lowest BCUT2D eigenvalue weighted by Gasteiger charge is -2.39. The summed E-state index contributed by atoms with van der Waals surface area (Å²) in [6.07, 6.45) is 7.73. The van der Waals surface area contributed by atoms with Crippen LogP contribution in [0.15, 0.2) is 0 Å². The second-order valence-corrected chi connectivity index (χ2v) is 4.11. The van der Waals surface area contributed by atoms with Crippen molar-refractivity contribution in [3.63, 3.8) is 0 Å². The van der Waals surface area contributed by atoms with Crippen LogP contribution in [0.3, 0.4) is 0 Å². The smallest absolute Gasteiger partial charge is 0.137 e. The van der Waals surface area contributed by atoms with Gasteiger partial charge in [-0.2, -0.15) is 0 Å². The maximum atomic E-state index is 10.8. The molecular weight excluding hydrogens is 150 g/mol. The summed E-state index contributed by atoms with van der Waals surface area (Å²) in [6.45, 7) is 1.05. The van der Waals surface area contributed by atoms with Gasteiger partial charge >= 0.3 is 0 Å². The lowest BCUT2D eigenvalue weighted by atomic mass is 9.72. The van der Waals surface area contributed by atoms with E-state index in [9.17, 15) is 4.79 Å². The quantitative estimate of drug-likeness (QED) is 0.597. The van der Waals surface area contributed by atoms with Crippen molar-refractivity contribution in [1.82, 2.24) is 5.32 Å². The number of fused-ring (bicyclic) bond motifs is 1. The third-order valence-corrected chi connectivity index (χ3v) is 3.47. The van der Waals surface area contributed by atoms with Crippen molar-refractivity contribution >= 4 is 6.29 Å². The van der Waals surface area contributed by atoms with Crippen LogP contribution in [-0.2, 0) is 4.79 Å². The maximum absolute atomic E-state index is 10.8.